The number of hydrogen-bond donors (Lipinski definition) is 2. The van der Waals surface area contributed by atoms with Crippen molar-refractivity contribution < 1.29 is 14.7 Å². The highest BCUT2D eigenvalue weighted by Gasteiger charge is 2.25. The second kappa shape index (κ2) is 7.98. The number of rotatable bonds is 3. The largest absolute Gasteiger partial charge is 0.508 e. The van der Waals surface area contributed by atoms with Crippen molar-refractivity contribution in [2.45, 2.75) is 18.9 Å². The number of amides is 2. The first-order valence-corrected chi connectivity index (χ1v) is 9.04. The highest BCUT2D eigenvalue weighted by Crippen LogP contribution is 2.24. The van der Waals surface area contributed by atoms with Gasteiger partial charge in [0.25, 0.3) is 11.8 Å². The van der Waals surface area contributed by atoms with Crippen LogP contribution in [0.3, 0.4) is 0 Å². The van der Waals surface area contributed by atoms with Crippen LogP contribution in [0.2, 0.25) is 10.0 Å². The number of nitrogens with zero attached hydrogens (tertiary/aromatic N) is 1. The van der Waals surface area contributed by atoms with Crippen LogP contribution < -0.4 is 5.32 Å². The summed E-state index contributed by atoms with van der Waals surface area (Å²) < 4.78 is 0. The highest BCUT2D eigenvalue weighted by molar-refractivity contribution is 6.42. The summed E-state index contributed by atoms with van der Waals surface area (Å²) in [6, 6.07) is 11.1. The van der Waals surface area contributed by atoms with Crippen LogP contribution in [0.4, 0.5) is 0 Å². The Morgan fingerprint density at radius 3 is 2.38 bits per heavy atom. The van der Waals surface area contributed by atoms with Gasteiger partial charge in [-0.05, 0) is 49.2 Å². The monoisotopic (exact) mass is 392 g/mol. The maximum Gasteiger partial charge on any atom is 0.253 e. The van der Waals surface area contributed by atoms with Gasteiger partial charge in [0.2, 0.25) is 0 Å². The average molecular weight is 393 g/mol. The van der Waals surface area contributed by atoms with Crippen LogP contribution in [0.5, 0.6) is 5.75 Å². The van der Waals surface area contributed by atoms with E-state index in [1.165, 1.54) is 12.1 Å². The lowest BCUT2D eigenvalue weighted by Gasteiger charge is -2.32. The van der Waals surface area contributed by atoms with Crippen molar-refractivity contribution in [3.63, 3.8) is 0 Å². The Morgan fingerprint density at radius 1 is 1.00 bits per heavy atom. The number of likely N-dealkylation sites (tertiary alicyclic amines) is 1. The minimum absolute atomic E-state index is 0.0114. The van der Waals surface area contributed by atoms with Crippen LogP contribution in [0, 0.1) is 0 Å². The fourth-order valence-electron chi connectivity index (χ4n) is 2.95. The molecule has 1 aliphatic heterocycles. The zero-order valence-electron chi connectivity index (χ0n) is 13.9. The summed E-state index contributed by atoms with van der Waals surface area (Å²) in [5, 5.41) is 13.2. The number of carbonyl (C=O) groups is 2. The SMILES string of the molecule is O=C(NC1CCN(C(=O)c2ccc(Cl)c(Cl)c2)CC1)c1cccc(O)c1. The molecule has 0 atom stereocenters. The summed E-state index contributed by atoms with van der Waals surface area (Å²) >= 11 is 11.9. The first-order chi connectivity index (χ1) is 12.4. The molecule has 0 spiro atoms. The van der Waals surface area contributed by atoms with E-state index in [2.05, 4.69) is 5.32 Å². The Hall–Kier alpha value is -2.24. The van der Waals surface area contributed by atoms with E-state index in [4.69, 9.17) is 23.2 Å². The third-order valence-corrected chi connectivity index (χ3v) is 5.13. The van der Waals surface area contributed by atoms with E-state index in [-0.39, 0.29) is 23.6 Å². The lowest BCUT2D eigenvalue weighted by molar-refractivity contribution is 0.0698. The molecule has 26 heavy (non-hydrogen) atoms. The van der Waals surface area contributed by atoms with Crippen LogP contribution in [0.25, 0.3) is 0 Å². The van der Waals surface area contributed by atoms with Crippen molar-refractivity contribution in [3.8, 4) is 5.75 Å². The quantitative estimate of drug-likeness (QED) is 0.835. The molecule has 2 N–H and O–H groups in total. The molecular weight excluding hydrogens is 375 g/mol. The van der Waals surface area contributed by atoms with Gasteiger partial charge in [-0.1, -0.05) is 29.3 Å². The second-order valence-corrected chi connectivity index (χ2v) is 7.03. The number of piperidine rings is 1. The average Bonchev–Trinajstić information content (AvgIpc) is 2.64. The minimum Gasteiger partial charge on any atom is -0.508 e. The van der Waals surface area contributed by atoms with Gasteiger partial charge in [-0.2, -0.15) is 0 Å². The fraction of sp³-hybridized carbons (Fsp3) is 0.263. The Bertz CT molecular complexity index is 833. The van der Waals surface area contributed by atoms with E-state index in [1.807, 2.05) is 0 Å². The molecular formula is C19H18Cl2N2O3. The van der Waals surface area contributed by atoms with E-state index in [0.29, 0.717) is 47.1 Å². The Kier molecular flexibility index (Phi) is 5.69. The fourth-order valence-corrected chi connectivity index (χ4v) is 3.25. The molecule has 7 heteroatoms. The summed E-state index contributed by atoms with van der Waals surface area (Å²) in [5.41, 5.74) is 0.918. The maximum atomic E-state index is 12.6. The van der Waals surface area contributed by atoms with E-state index in [9.17, 15) is 14.7 Å². The number of nitrogens with one attached hydrogen (secondary N) is 1. The zero-order valence-corrected chi connectivity index (χ0v) is 15.4. The van der Waals surface area contributed by atoms with Crippen molar-refractivity contribution >= 4 is 35.0 Å². The van der Waals surface area contributed by atoms with Gasteiger partial charge < -0.3 is 15.3 Å². The molecule has 2 aromatic carbocycles. The van der Waals surface area contributed by atoms with Crippen LogP contribution in [0.15, 0.2) is 42.5 Å². The van der Waals surface area contributed by atoms with Crippen molar-refractivity contribution in [1.82, 2.24) is 10.2 Å². The van der Waals surface area contributed by atoms with Gasteiger partial charge in [-0.3, -0.25) is 9.59 Å². The molecule has 0 saturated carbocycles. The minimum atomic E-state index is -0.227. The number of benzene rings is 2. The summed E-state index contributed by atoms with van der Waals surface area (Å²) in [6.45, 7) is 1.09. The third kappa shape index (κ3) is 4.29. The lowest BCUT2D eigenvalue weighted by Crippen LogP contribution is -2.46. The molecule has 0 aromatic heterocycles. The van der Waals surface area contributed by atoms with Gasteiger partial charge in [0.05, 0.1) is 10.0 Å². The van der Waals surface area contributed by atoms with E-state index >= 15 is 0 Å². The molecule has 2 aromatic rings. The molecule has 3 rings (SSSR count). The van der Waals surface area contributed by atoms with Gasteiger partial charge in [0, 0.05) is 30.3 Å². The third-order valence-electron chi connectivity index (χ3n) is 4.39. The first-order valence-electron chi connectivity index (χ1n) is 8.28. The summed E-state index contributed by atoms with van der Waals surface area (Å²) in [4.78, 5) is 26.5. The Balaban J connectivity index is 1.56. The predicted octanol–water partition coefficient (Wildman–Crippen LogP) is 3.73. The summed E-state index contributed by atoms with van der Waals surface area (Å²) in [5.74, 6) is -0.267. The van der Waals surface area contributed by atoms with Gasteiger partial charge in [-0.15, -0.1) is 0 Å². The number of carbonyl (C=O) groups excluding carboxylic acids is 2. The van der Waals surface area contributed by atoms with Gasteiger partial charge in [0.15, 0.2) is 0 Å². The van der Waals surface area contributed by atoms with Crippen LogP contribution in [-0.2, 0) is 0 Å². The molecule has 136 valence electrons. The lowest BCUT2D eigenvalue weighted by atomic mass is 10.0. The second-order valence-electron chi connectivity index (χ2n) is 6.22. The predicted molar refractivity (Wildman–Crippen MR) is 101 cm³/mol. The highest BCUT2D eigenvalue weighted by atomic mass is 35.5. The number of aromatic hydroxyl groups is 1. The van der Waals surface area contributed by atoms with Crippen molar-refractivity contribution in [2.75, 3.05) is 13.1 Å². The Labute approximate surface area is 161 Å². The van der Waals surface area contributed by atoms with Crippen molar-refractivity contribution in [1.29, 1.82) is 0 Å². The Morgan fingerprint density at radius 2 is 1.73 bits per heavy atom. The maximum absolute atomic E-state index is 12.6. The van der Waals surface area contributed by atoms with Crippen LogP contribution >= 0.6 is 23.2 Å². The molecule has 1 heterocycles. The molecule has 1 saturated heterocycles. The normalized spacial score (nSPS) is 14.9. The number of hydrogen-bond acceptors (Lipinski definition) is 3. The molecule has 1 aliphatic rings. The number of phenols is 1. The summed E-state index contributed by atoms with van der Waals surface area (Å²) in [7, 11) is 0. The molecule has 0 radical (unpaired) electrons. The van der Waals surface area contributed by atoms with E-state index < -0.39 is 0 Å². The van der Waals surface area contributed by atoms with Gasteiger partial charge in [0.1, 0.15) is 5.75 Å². The van der Waals surface area contributed by atoms with Crippen LogP contribution in [0.1, 0.15) is 33.6 Å². The zero-order chi connectivity index (χ0) is 18.7. The molecule has 0 aliphatic carbocycles. The van der Waals surface area contributed by atoms with Crippen molar-refractivity contribution in [2.24, 2.45) is 0 Å². The van der Waals surface area contributed by atoms with Crippen LogP contribution in [-0.4, -0.2) is 41.0 Å². The molecule has 0 unspecified atom stereocenters. The molecule has 5 nitrogen and oxygen atoms in total. The van der Waals surface area contributed by atoms with Gasteiger partial charge in [-0.25, -0.2) is 0 Å². The number of phenolic OH excluding ortho intramolecular Hbond substituents is 1. The molecule has 2 amide bonds. The summed E-state index contributed by atoms with van der Waals surface area (Å²) in [6.07, 6.45) is 1.33. The molecule has 0 bridgehead atoms. The van der Waals surface area contributed by atoms with Crippen molar-refractivity contribution in [3.05, 3.63) is 63.6 Å². The molecule has 1 fully saturated rings. The first kappa shape index (κ1) is 18.5. The van der Waals surface area contributed by atoms with E-state index in [0.717, 1.165) is 0 Å². The standard InChI is InChI=1S/C19H18Cl2N2O3/c20-16-5-4-13(11-17(16)21)19(26)23-8-6-14(7-9-23)22-18(25)12-2-1-3-15(24)10-12/h1-5,10-11,14,24H,6-9H2,(H,22,25). The van der Waals surface area contributed by atoms with Gasteiger partial charge >= 0.3 is 0 Å². The van der Waals surface area contributed by atoms with E-state index in [1.54, 1.807) is 35.2 Å². The number of halogens is 2. The smallest absolute Gasteiger partial charge is 0.253 e. The topological polar surface area (TPSA) is 69.6 Å².